The molecule has 4 heteroatoms. The van der Waals surface area contributed by atoms with Crippen LogP contribution < -0.4 is 0 Å². The molecule has 0 aliphatic heterocycles. The smallest absolute Gasteiger partial charge is 0.240 e. The summed E-state index contributed by atoms with van der Waals surface area (Å²) in [6.07, 6.45) is 6.55. The Bertz CT molecular complexity index is 566. The molecule has 0 radical (unpaired) electrons. The molecule has 0 aliphatic carbocycles. The van der Waals surface area contributed by atoms with E-state index in [1.165, 1.54) is 0 Å². The quantitative estimate of drug-likeness (QED) is 0.459. The highest BCUT2D eigenvalue weighted by atomic mass is 16.2. The number of hydrogen-bond donors (Lipinski definition) is 0. The van der Waals surface area contributed by atoms with E-state index in [0.717, 1.165) is 0 Å². The Hall–Kier alpha value is -2.88. The van der Waals surface area contributed by atoms with E-state index < -0.39 is 5.92 Å². The van der Waals surface area contributed by atoms with Gasteiger partial charge in [-0.05, 0) is 5.56 Å². The Labute approximate surface area is 150 Å². The molecule has 0 N–H and O–H groups in total. The number of amides is 2. The molecule has 4 nitrogen and oxygen atoms in total. The molecule has 132 valence electrons. The van der Waals surface area contributed by atoms with E-state index in [9.17, 15) is 9.59 Å². The highest BCUT2D eigenvalue weighted by molar-refractivity contribution is 6.05. The second-order valence-corrected chi connectivity index (χ2v) is 5.48. The molecule has 0 saturated heterocycles. The minimum absolute atomic E-state index is 0.269. The number of nitrogens with zero attached hydrogens (tertiary/aromatic N) is 2. The monoisotopic (exact) mass is 338 g/mol. The molecular weight excluding hydrogens is 312 g/mol. The Morgan fingerprint density at radius 3 is 1.44 bits per heavy atom. The van der Waals surface area contributed by atoms with Crippen molar-refractivity contribution >= 4 is 11.8 Å². The van der Waals surface area contributed by atoms with Gasteiger partial charge in [-0.3, -0.25) is 9.59 Å². The van der Waals surface area contributed by atoms with Gasteiger partial charge in [0.2, 0.25) is 11.8 Å². The molecule has 1 aromatic carbocycles. The van der Waals surface area contributed by atoms with E-state index in [-0.39, 0.29) is 11.8 Å². The van der Waals surface area contributed by atoms with E-state index >= 15 is 0 Å². The van der Waals surface area contributed by atoms with E-state index in [1.54, 1.807) is 46.2 Å². The summed E-state index contributed by atoms with van der Waals surface area (Å²) in [5.74, 6) is -1.45. The first-order valence-electron chi connectivity index (χ1n) is 8.16. The summed E-state index contributed by atoms with van der Waals surface area (Å²) in [5, 5.41) is 0. The molecular formula is C21H26N2O2. The van der Waals surface area contributed by atoms with Gasteiger partial charge in [0.25, 0.3) is 0 Å². The van der Waals surface area contributed by atoms with Gasteiger partial charge in [-0.1, -0.05) is 54.6 Å². The van der Waals surface area contributed by atoms with Crippen molar-refractivity contribution in [2.24, 2.45) is 0 Å². The van der Waals surface area contributed by atoms with Crippen LogP contribution >= 0.6 is 0 Å². The van der Waals surface area contributed by atoms with Crippen LogP contribution in [0.15, 0.2) is 81.0 Å². The van der Waals surface area contributed by atoms with Crippen LogP contribution in [-0.4, -0.2) is 47.8 Å². The van der Waals surface area contributed by atoms with Crippen LogP contribution in [0.3, 0.4) is 0 Å². The van der Waals surface area contributed by atoms with Crippen molar-refractivity contribution in [2.45, 2.75) is 5.92 Å². The van der Waals surface area contributed by atoms with Gasteiger partial charge in [0.1, 0.15) is 5.92 Å². The Morgan fingerprint density at radius 1 is 0.760 bits per heavy atom. The van der Waals surface area contributed by atoms with Crippen molar-refractivity contribution in [2.75, 3.05) is 26.2 Å². The summed E-state index contributed by atoms with van der Waals surface area (Å²) in [7, 11) is 0. The van der Waals surface area contributed by atoms with Crippen LogP contribution in [0.2, 0.25) is 0 Å². The van der Waals surface area contributed by atoms with Crippen molar-refractivity contribution in [3.8, 4) is 0 Å². The maximum Gasteiger partial charge on any atom is 0.240 e. The Kier molecular flexibility index (Phi) is 8.72. The summed E-state index contributed by atoms with van der Waals surface area (Å²) < 4.78 is 0. The molecule has 0 fully saturated rings. The minimum Gasteiger partial charge on any atom is -0.334 e. The molecule has 2 amide bonds. The fourth-order valence-electron chi connectivity index (χ4n) is 2.53. The van der Waals surface area contributed by atoms with Gasteiger partial charge in [0.15, 0.2) is 0 Å². The van der Waals surface area contributed by atoms with Crippen molar-refractivity contribution in [1.29, 1.82) is 0 Å². The topological polar surface area (TPSA) is 40.6 Å². The molecule has 1 aromatic rings. The maximum atomic E-state index is 13.1. The minimum atomic E-state index is -0.916. The van der Waals surface area contributed by atoms with Gasteiger partial charge in [-0.15, -0.1) is 26.3 Å². The fraction of sp³-hybridized carbons (Fsp3) is 0.238. The number of carbonyl (C=O) groups excluding carboxylic acids is 2. The lowest BCUT2D eigenvalue weighted by Gasteiger charge is -2.29. The van der Waals surface area contributed by atoms with Gasteiger partial charge in [0.05, 0.1) is 0 Å². The largest absolute Gasteiger partial charge is 0.334 e. The third kappa shape index (κ3) is 5.60. The average Bonchev–Trinajstić information content (AvgIpc) is 2.62. The van der Waals surface area contributed by atoms with Crippen LogP contribution in [0.5, 0.6) is 0 Å². The molecule has 0 aliphatic rings. The number of benzene rings is 1. The second-order valence-electron chi connectivity index (χ2n) is 5.48. The summed E-state index contributed by atoms with van der Waals surface area (Å²) >= 11 is 0. The van der Waals surface area contributed by atoms with Crippen LogP contribution in [-0.2, 0) is 9.59 Å². The van der Waals surface area contributed by atoms with Crippen LogP contribution in [0.25, 0.3) is 0 Å². The Morgan fingerprint density at radius 2 is 1.12 bits per heavy atom. The molecule has 0 bridgehead atoms. The normalized spacial score (nSPS) is 9.96. The van der Waals surface area contributed by atoms with Crippen molar-refractivity contribution < 1.29 is 9.59 Å². The van der Waals surface area contributed by atoms with Gasteiger partial charge in [-0.25, -0.2) is 0 Å². The average molecular weight is 338 g/mol. The lowest BCUT2D eigenvalue weighted by molar-refractivity contribution is -0.142. The summed E-state index contributed by atoms with van der Waals surface area (Å²) in [4.78, 5) is 29.3. The van der Waals surface area contributed by atoms with E-state index in [4.69, 9.17) is 0 Å². The SMILES string of the molecule is C=CCN(CC=C)C(=O)C(C(=O)N(CC=C)CC=C)c1ccccc1. The third-order valence-corrected chi connectivity index (χ3v) is 3.65. The van der Waals surface area contributed by atoms with Crippen molar-refractivity contribution in [1.82, 2.24) is 9.80 Å². The van der Waals surface area contributed by atoms with E-state index in [0.29, 0.717) is 31.7 Å². The zero-order valence-electron chi connectivity index (χ0n) is 14.6. The number of rotatable bonds is 11. The highest BCUT2D eigenvalue weighted by Gasteiger charge is 2.34. The van der Waals surface area contributed by atoms with Crippen LogP contribution in [0, 0.1) is 0 Å². The lowest BCUT2D eigenvalue weighted by atomic mass is 9.95. The predicted octanol–water partition coefficient (Wildman–Crippen LogP) is 3.17. The first-order valence-corrected chi connectivity index (χ1v) is 8.16. The van der Waals surface area contributed by atoms with Crippen molar-refractivity contribution in [3.05, 3.63) is 86.5 Å². The van der Waals surface area contributed by atoms with Crippen LogP contribution in [0.4, 0.5) is 0 Å². The summed E-state index contributed by atoms with van der Waals surface area (Å²) in [6.45, 7) is 16.2. The number of carbonyl (C=O) groups is 2. The van der Waals surface area contributed by atoms with Gasteiger partial charge in [-0.2, -0.15) is 0 Å². The molecule has 0 heterocycles. The molecule has 25 heavy (non-hydrogen) atoms. The Balaban J connectivity index is 3.28. The number of hydrogen-bond acceptors (Lipinski definition) is 2. The molecule has 0 spiro atoms. The van der Waals surface area contributed by atoms with Gasteiger partial charge < -0.3 is 9.80 Å². The molecule has 0 atom stereocenters. The van der Waals surface area contributed by atoms with Crippen LogP contribution in [0.1, 0.15) is 11.5 Å². The zero-order chi connectivity index (χ0) is 18.7. The van der Waals surface area contributed by atoms with E-state index in [1.807, 2.05) is 18.2 Å². The molecule has 0 aromatic heterocycles. The predicted molar refractivity (Wildman–Crippen MR) is 103 cm³/mol. The molecule has 1 rings (SSSR count). The molecule has 0 saturated carbocycles. The van der Waals surface area contributed by atoms with Crippen molar-refractivity contribution in [3.63, 3.8) is 0 Å². The summed E-state index contributed by atoms with van der Waals surface area (Å²) in [6, 6.07) is 9.08. The summed E-state index contributed by atoms with van der Waals surface area (Å²) in [5.41, 5.74) is 0.661. The maximum absolute atomic E-state index is 13.1. The molecule has 0 unspecified atom stereocenters. The van der Waals surface area contributed by atoms with Gasteiger partial charge >= 0.3 is 0 Å². The highest BCUT2D eigenvalue weighted by Crippen LogP contribution is 2.22. The standard InChI is InChI=1S/C21H26N2O2/c1-5-14-22(15-6-2)20(24)19(18-12-10-9-11-13-18)21(25)23(16-7-3)17-8-4/h5-13,19H,1-4,14-17H2. The zero-order valence-corrected chi connectivity index (χ0v) is 14.6. The fourth-order valence-corrected chi connectivity index (χ4v) is 2.53. The first kappa shape index (κ1) is 20.2. The first-order chi connectivity index (χ1) is 12.1. The van der Waals surface area contributed by atoms with Gasteiger partial charge in [0, 0.05) is 26.2 Å². The lowest BCUT2D eigenvalue weighted by Crippen LogP contribution is -2.44. The van der Waals surface area contributed by atoms with E-state index in [2.05, 4.69) is 26.3 Å². The third-order valence-electron chi connectivity index (χ3n) is 3.65. The second kappa shape index (κ2) is 10.8.